The third-order valence-electron chi connectivity index (χ3n) is 6.42. The Kier molecular flexibility index (Phi) is 7.66. The third-order valence-corrected chi connectivity index (χ3v) is 6.42. The number of aryl methyl sites for hydroxylation is 2. The lowest BCUT2D eigenvalue weighted by Crippen LogP contribution is -2.29. The third kappa shape index (κ3) is 5.46. The Balaban J connectivity index is 1.77. The van der Waals surface area contributed by atoms with Crippen molar-refractivity contribution in [2.75, 3.05) is 7.11 Å². The van der Waals surface area contributed by atoms with E-state index in [4.69, 9.17) is 9.15 Å². The van der Waals surface area contributed by atoms with E-state index in [1.165, 1.54) is 23.8 Å². The number of methoxy groups -OCH3 is 1. The molecule has 1 atom stereocenters. The van der Waals surface area contributed by atoms with E-state index >= 15 is 0 Å². The van der Waals surface area contributed by atoms with Gasteiger partial charge in [0.1, 0.15) is 23.0 Å². The number of aromatic nitrogens is 1. The summed E-state index contributed by atoms with van der Waals surface area (Å²) in [4.78, 5) is 37.7. The summed E-state index contributed by atoms with van der Waals surface area (Å²) in [5.74, 6) is -2.43. The molecule has 0 bridgehead atoms. The highest BCUT2D eigenvalue weighted by Gasteiger charge is 2.29. The van der Waals surface area contributed by atoms with Crippen molar-refractivity contribution in [3.8, 4) is 22.8 Å². The summed E-state index contributed by atoms with van der Waals surface area (Å²) in [5, 5.41) is 29.9. The van der Waals surface area contributed by atoms with Crippen molar-refractivity contribution < 1.29 is 34.1 Å². The minimum atomic E-state index is -1.13. The number of hydrogen-bond donors (Lipinski definition) is 3. The molecule has 196 valence electrons. The summed E-state index contributed by atoms with van der Waals surface area (Å²) in [6.07, 6.45) is 0.206. The average Bonchev–Trinajstić information content (AvgIpc) is 3.38. The minimum Gasteiger partial charge on any atom is -0.508 e. The lowest BCUT2D eigenvalue weighted by Gasteiger charge is -2.19. The van der Waals surface area contributed by atoms with E-state index in [0.717, 1.165) is 5.56 Å². The van der Waals surface area contributed by atoms with Gasteiger partial charge in [0.25, 0.3) is 5.56 Å². The Bertz CT molecular complexity index is 1530. The average molecular weight is 518 g/mol. The van der Waals surface area contributed by atoms with E-state index in [-0.39, 0.29) is 40.6 Å². The molecule has 0 fully saturated rings. The van der Waals surface area contributed by atoms with Gasteiger partial charge in [-0.15, -0.1) is 0 Å². The molecule has 0 spiro atoms. The van der Waals surface area contributed by atoms with E-state index < -0.39 is 23.4 Å². The van der Waals surface area contributed by atoms with Gasteiger partial charge in [-0.25, -0.2) is 4.79 Å². The van der Waals surface area contributed by atoms with Crippen molar-refractivity contribution in [2.24, 2.45) is 0 Å². The predicted octanol–water partition coefficient (Wildman–Crippen LogP) is 4.46. The van der Waals surface area contributed by atoms with Gasteiger partial charge in [-0.1, -0.05) is 30.3 Å². The molecule has 2 aromatic carbocycles. The van der Waals surface area contributed by atoms with Crippen LogP contribution in [0.4, 0.5) is 0 Å². The van der Waals surface area contributed by atoms with Gasteiger partial charge in [-0.2, -0.15) is 0 Å². The Hall–Kier alpha value is -4.79. The van der Waals surface area contributed by atoms with Crippen LogP contribution in [0, 0.1) is 6.92 Å². The number of aromatic carboxylic acids is 1. The molecule has 9 nitrogen and oxygen atoms in total. The molecule has 0 saturated carbocycles. The standard InChI is InChI=1S/C29H27NO8/c1-17-15-23(32)27(28(34)30(17)14-13-18-7-9-19(31)10-8-18)22(16-26(33)37-2)25-12-11-24(38-25)20-5-3-4-6-21(20)29(35)36/h3-12,15,22,31-32H,13-14,16H2,1-2H3,(H,35,36)/t22-/m1/s1. The topological polar surface area (TPSA) is 139 Å². The second-order valence-corrected chi connectivity index (χ2v) is 8.84. The van der Waals surface area contributed by atoms with Crippen molar-refractivity contribution >= 4 is 11.9 Å². The van der Waals surface area contributed by atoms with Crippen LogP contribution in [0.25, 0.3) is 11.3 Å². The lowest BCUT2D eigenvalue weighted by molar-refractivity contribution is -0.140. The van der Waals surface area contributed by atoms with Crippen molar-refractivity contribution in [3.63, 3.8) is 0 Å². The molecule has 0 aliphatic heterocycles. The number of carbonyl (C=O) groups excluding carboxylic acids is 1. The molecule has 9 heteroatoms. The quantitative estimate of drug-likeness (QED) is 0.277. The van der Waals surface area contributed by atoms with Crippen molar-refractivity contribution in [3.05, 3.63) is 105 Å². The number of carboxylic acid groups (broad SMARTS) is 1. The summed E-state index contributed by atoms with van der Waals surface area (Å²) < 4.78 is 12.3. The largest absolute Gasteiger partial charge is 0.508 e. The van der Waals surface area contributed by atoms with E-state index in [0.29, 0.717) is 24.2 Å². The maximum Gasteiger partial charge on any atom is 0.336 e. The molecule has 38 heavy (non-hydrogen) atoms. The first-order valence-corrected chi connectivity index (χ1v) is 11.9. The fraction of sp³-hybridized carbons (Fsp3) is 0.207. The molecular formula is C29H27NO8. The number of carbonyl (C=O) groups is 2. The highest BCUT2D eigenvalue weighted by Crippen LogP contribution is 2.36. The van der Waals surface area contributed by atoms with Crippen LogP contribution in [0.2, 0.25) is 0 Å². The van der Waals surface area contributed by atoms with E-state index in [1.54, 1.807) is 61.5 Å². The van der Waals surface area contributed by atoms with Crippen molar-refractivity contribution in [1.82, 2.24) is 4.57 Å². The van der Waals surface area contributed by atoms with Crippen LogP contribution < -0.4 is 5.56 Å². The van der Waals surface area contributed by atoms with Gasteiger partial charge < -0.3 is 29.0 Å². The second-order valence-electron chi connectivity index (χ2n) is 8.84. The Morgan fingerprint density at radius 1 is 1.03 bits per heavy atom. The molecule has 0 radical (unpaired) electrons. The van der Waals surface area contributed by atoms with Crippen LogP contribution >= 0.6 is 0 Å². The maximum atomic E-state index is 13.7. The molecule has 0 aliphatic rings. The number of phenolic OH excluding ortho intramolecular Hbond substituents is 1. The van der Waals surface area contributed by atoms with Gasteiger partial charge in [0.2, 0.25) is 0 Å². The van der Waals surface area contributed by atoms with Crippen LogP contribution in [-0.4, -0.2) is 38.9 Å². The monoisotopic (exact) mass is 517 g/mol. The molecule has 2 heterocycles. The molecule has 2 aromatic heterocycles. The number of esters is 1. The maximum absolute atomic E-state index is 13.7. The first kappa shape index (κ1) is 26.3. The molecule has 3 N–H and O–H groups in total. The Morgan fingerprint density at radius 2 is 1.74 bits per heavy atom. The molecule has 0 amide bonds. The van der Waals surface area contributed by atoms with Crippen LogP contribution in [0.3, 0.4) is 0 Å². The van der Waals surface area contributed by atoms with Crippen LogP contribution in [0.1, 0.15) is 45.3 Å². The number of furan rings is 1. The van der Waals surface area contributed by atoms with Gasteiger partial charge in [-0.05, 0) is 55.3 Å². The number of carboxylic acids is 1. The SMILES string of the molecule is COC(=O)C[C@H](c1ccc(-c2ccccc2C(=O)O)o1)c1c(O)cc(C)n(CCc2ccc(O)cc2)c1=O. The molecule has 0 saturated heterocycles. The summed E-state index contributed by atoms with van der Waals surface area (Å²) in [5.41, 5.74) is 1.29. The zero-order valence-corrected chi connectivity index (χ0v) is 20.9. The normalized spacial score (nSPS) is 11.7. The highest BCUT2D eigenvalue weighted by atomic mass is 16.5. The first-order chi connectivity index (χ1) is 18.2. The molecule has 4 rings (SSSR count). The smallest absolute Gasteiger partial charge is 0.336 e. The first-order valence-electron chi connectivity index (χ1n) is 11.9. The number of ether oxygens (including phenoxy) is 1. The number of hydrogen-bond acceptors (Lipinski definition) is 7. The van der Waals surface area contributed by atoms with Gasteiger partial charge >= 0.3 is 11.9 Å². The van der Waals surface area contributed by atoms with Crippen molar-refractivity contribution in [2.45, 2.75) is 32.2 Å². The number of rotatable bonds is 9. The van der Waals surface area contributed by atoms with Gasteiger partial charge in [0.15, 0.2) is 0 Å². The van der Waals surface area contributed by atoms with Crippen LogP contribution in [-0.2, 0) is 22.5 Å². The molecule has 0 unspecified atom stereocenters. The van der Waals surface area contributed by atoms with E-state index in [9.17, 15) is 29.7 Å². The second kappa shape index (κ2) is 11.1. The predicted molar refractivity (Wildman–Crippen MR) is 138 cm³/mol. The van der Waals surface area contributed by atoms with Gasteiger partial charge in [-0.3, -0.25) is 9.59 Å². The number of aromatic hydroxyl groups is 2. The molecule has 0 aliphatic carbocycles. The van der Waals surface area contributed by atoms with E-state index in [1.807, 2.05) is 0 Å². The van der Waals surface area contributed by atoms with Crippen LogP contribution in [0.5, 0.6) is 11.5 Å². The Morgan fingerprint density at radius 3 is 2.42 bits per heavy atom. The minimum absolute atomic E-state index is 0.0286. The Labute approximate surface area is 218 Å². The van der Waals surface area contributed by atoms with Gasteiger partial charge in [0, 0.05) is 17.8 Å². The van der Waals surface area contributed by atoms with E-state index in [2.05, 4.69) is 0 Å². The lowest BCUT2D eigenvalue weighted by atomic mass is 9.93. The number of nitrogens with zero attached hydrogens (tertiary/aromatic N) is 1. The fourth-order valence-electron chi connectivity index (χ4n) is 4.44. The van der Waals surface area contributed by atoms with Crippen molar-refractivity contribution in [1.29, 1.82) is 0 Å². The summed E-state index contributed by atoms with van der Waals surface area (Å²) in [6.45, 7) is 1.99. The summed E-state index contributed by atoms with van der Waals surface area (Å²) >= 11 is 0. The molecule has 4 aromatic rings. The zero-order chi connectivity index (χ0) is 27.4. The number of pyridine rings is 1. The zero-order valence-electron chi connectivity index (χ0n) is 20.9. The summed E-state index contributed by atoms with van der Waals surface area (Å²) in [6, 6.07) is 17.6. The number of phenols is 1. The van der Waals surface area contributed by atoms with Gasteiger partial charge in [0.05, 0.1) is 30.6 Å². The number of benzene rings is 2. The molecular weight excluding hydrogens is 490 g/mol. The highest BCUT2D eigenvalue weighted by molar-refractivity contribution is 5.95. The summed E-state index contributed by atoms with van der Waals surface area (Å²) in [7, 11) is 1.22. The fourth-order valence-corrected chi connectivity index (χ4v) is 4.44. The van der Waals surface area contributed by atoms with Crippen LogP contribution in [0.15, 0.2) is 75.9 Å².